The van der Waals surface area contributed by atoms with E-state index >= 15 is 0 Å². The third-order valence-electron chi connectivity index (χ3n) is 2.48. The maximum atomic E-state index is 12.6. The topological polar surface area (TPSA) is 63.3 Å². The highest BCUT2D eigenvalue weighted by atomic mass is 19.4. The molecule has 0 spiro atoms. The molecule has 0 bridgehead atoms. The summed E-state index contributed by atoms with van der Waals surface area (Å²) in [5.41, 5.74) is 3.52. The van der Waals surface area contributed by atoms with Gasteiger partial charge in [-0.05, 0) is 23.1 Å². The number of aromatic carboxylic acids is 1. The molecule has 0 atom stereocenters. The molecule has 0 saturated carbocycles. The second-order valence-electron chi connectivity index (χ2n) is 5.04. The van der Waals surface area contributed by atoms with Gasteiger partial charge in [0.05, 0.1) is 11.1 Å². The van der Waals surface area contributed by atoms with Crippen molar-refractivity contribution >= 4 is 11.7 Å². The van der Waals surface area contributed by atoms with Gasteiger partial charge >= 0.3 is 12.1 Å². The number of hydrogen-bond donors (Lipinski definition) is 2. The molecule has 1 aromatic rings. The van der Waals surface area contributed by atoms with Crippen molar-refractivity contribution in [2.45, 2.75) is 32.4 Å². The molecule has 3 nitrogen and oxygen atoms in total. The van der Waals surface area contributed by atoms with Gasteiger partial charge in [0.25, 0.3) is 0 Å². The Morgan fingerprint density at radius 1 is 1.22 bits per heavy atom. The van der Waals surface area contributed by atoms with E-state index in [0.29, 0.717) is 6.07 Å². The summed E-state index contributed by atoms with van der Waals surface area (Å²) in [7, 11) is 0. The number of carboxylic acid groups (broad SMARTS) is 1. The fraction of sp³-hybridized carbons (Fsp3) is 0.417. The van der Waals surface area contributed by atoms with Gasteiger partial charge in [-0.1, -0.05) is 20.8 Å². The number of carboxylic acids is 1. The van der Waals surface area contributed by atoms with Gasteiger partial charge in [-0.15, -0.1) is 0 Å². The molecule has 100 valence electrons. The predicted molar refractivity (Wildman–Crippen MR) is 61.5 cm³/mol. The number of alkyl halides is 3. The standard InChI is InChI=1S/C12H14F3NO2/c1-11(2,3)9-7(10(17)18)4-6(5-8(9)16)12(13,14)15/h4-5H,16H2,1-3H3,(H,17,18). The highest BCUT2D eigenvalue weighted by molar-refractivity contribution is 5.92. The van der Waals surface area contributed by atoms with E-state index in [2.05, 4.69) is 0 Å². The quantitative estimate of drug-likeness (QED) is 0.762. The number of hydrogen-bond acceptors (Lipinski definition) is 2. The number of nitrogen functional groups attached to an aromatic ring is 1. The first-order valence-electron chi connectivity index (χ1n) is 5.19. The predicted octanol–water partition coefficient (Wildman–Crippen LogP) is 3.28. The highest BCUT2D eigenvalue weighted by Crippen LogP contribution is 2.37. The Bertz CT molecular complexity index is 487. The molecule has 0 aromatic heterocycles. The van der Waals surface area contributed by atoms with E-state index in [9.17, 15) is 18.0 Å². The molecule has 0 saturated heterocycles. The van der Waals surface area contributed by atoms with E-state index in [-0.39, 0.29) is 11.3 Å². The van der Waals surface area contributed by atoms with Crippen LogP contribution < -0.4 is 5.73 Å². The Labute approximate surface area is 102 Å². The van der Waals surface area contributed by atoms with Crippen molar-refractivity contribution < 1.29 is 23.1 Å². The Morgan fingerprint density at radius 3 is 2.06 bits per heavy atom. The molecule has 1 aromatic carbocycles. The molecule has 0 unspecified atom stereocenters. The number of carbonyl (C=O) groups is 1. The third-order valence-corrected chi connectivity index (χ3v) is 2.48. The summed E-state index contributed by atoms with van der Waals surface area (Å²) in [5.74, 6) is -1.42. The zero-order valence-corrected chi connectivity index (χ0v) is 10.2. The SMILES string of the molecule is CC(C)(C)c1c(N)cc(C(F)(F)F)cc1C(=O)O. The van der Waals surface area contributed by atoms with Crippen LogP contribution in [0.15, 0.2) is 12.1 Å². The summed E-state index contributed by atoms with van der Waals surface area (Å²) < 4.78 is 37.8. The van der Waals surface area contributed by atoms with Crippen molar-refractivity contribution in [2.75, 3.05) is 5.73 Å². The molecule has 1 rings (SSSR count). The largest absolute Gasteiger partial charge is 0.478 e. The minimum absolute atomic E-state index is 0.158. The van der Waals surface area contributed by atoms with Gasteiger partial charge in [0, 0.05) is 5.69 Å². The maximum absolute atomic E-state index is 12.6. The molecule has 0 aliphatic rings. The van der Waals surface area contributed by atoms with Crippen LogP contribution in [-0.4, -0.2) is 11.1 Å². The third kappa shape index (κ3) is 2.75. The number of rotatable bonds is 1. The van der Waals surface area contributed by atoms with Crippen LogP contribution >= 0.6 is 0 Å². The lowest BCUT2D eigenvalue weighted by Crippen LogP contribution is -2.21. The maximum Gasteiger partial charge on any atom is 0.416 e. The molecule has 0 heterocycles. The normalized spacial score (nSPS) is 12.6. The Balaban J connectivity index is 3.62. The smallest absolute Gasteiger partial charge is 0.416 e. The second-order valence-corrected chi connectivity index (χ2v) is 5.04. The van der Waals surface area contributed by atoms with Gasteiger partial charge in [-0.2, -0.15) is 13.2 Å². The first kappa shape index (κ1) is 14.3. The van der Waals surface area contributed by atoms with Crippen molar-refractivity contribution in [2.24, 2.45) is 0 Å². The Morgan fingerprint density at radius 2 is 1.72 bits per heavy atom. The van der Waals surface area contributed by atoms with Gasteiger partial charge in [-0.3, -0.25) is 0 Å². The van der Waals surface area contributed by atoms with Crippen LogP contribution in [0.2, 0.25) is 0 Å². The van der Waals surface area contributed by atoms with Crippen molar-refractivity contribution in [3.8, 4) is 0 Å². The molecule has 0 aliphatic carbocycles. The summed E-state index contributed by atoms with van der Waals surface area (Å²) in [4.78, 5) is 11.1. The average Bonchev–Trinajstić information content (AvgIpc) is 2.12. The van der Waals surface area contributed by atoms with Gasteiger partial charge in [-0.25, -0.2) is 4.79 Å². The zero-order chi connectivity index (χ0) is 14.3. The molecular formula is C12H14F3NO2. The molecule has 0 fully saturated rings. The Kier molecular flexibility index (Phi) is 3.34. The highest BCUT2D eigenvalue weighted by Gasteiger charge is 2.34. The molecule has 18 heavy (non-hydrogen) atoms. The number of benzene rings is 1. The van der Waals surface area contributed by atoms with E-state index in [1.807, 2.05) is 0 Å². The van der Waals surface area contributed by atoms with Crippen LogP contribution in [0.25, 0.3) is 0 Å². The van der Waals surface area contributed by atoms with Crippen molar-refractivity contribution in [1.82, 2.24) is 0 Å². The van der Waals surface area contributed by atoms with Crippen LogP contribution in [0.5, 0.6) is 0 Å². The first-order valence-corrected chi connectivity index (χ1v) is 5.19. The lowest BCUT2D eigenvalue weighted by molar-refractivity contribution is -0.137. The number of halogens is 3. The van der Waals surface area contributed by atoms with E-state index in [1.165, 1.54) is 0 Å². The summed E-state index contributed by atoms with van der Waals surface area (Å²) in [6.45, 7) is 5.08. The van der Waals surface area contributed by atoms with E-state index in [4.69, 9.17) is 10.8 Å². The summed E-state index contributed by atoms with van der Waals surface area (Å²) >= 11 is 0. The number of anilines is 1. The fourth-order valence-corrected chi connectivity index (χ4v) is 1.83. The van der Waals surface area contributed by atoms with Crippen molar-refractivity contribution in [3.05, 3.63) is 28.8 Å². The van der Waals surface area contributed by atoms with E-state index in [1.54, 1.807) is 20.8 Å². The van der Waals surface area contributed by atoms with Gasteiger partial charge in [0.15, 0.2) is 0 Å². The summed E-state index contributed by atoms with van der Waals surface area (Å²) in [5, 5.41) is 9.02. The van der Waals surface area contributed by atoms with Crippen molar-refractivity contribution in [1.29, 1.82) is 0 Å². The molecule has 0 amide bonds. The lowest BCUT2D eigenvalue weighted by Gasteiger charge is -2.24. The number of nitrogens with two attached hydrogens (primary N) is 1. The first-order chi connectivity index (χ1) is 7.94. The van der Waals surface area contributed by atoms with Crippen LogP contribution in [-0.2, 0) is 11.6 Å². The fourth-order valence-electron chi connectivity index (χ4n) is 1.83. The van der Waals surface area contributed by atoms with Crippen LogP contribution in [0, 0.1) is 0 Å². The molecule has 0 radical (unpaired) electrons. The minimum Gasteiger partial charge on any atom is -0.478 e. The summed E-state index contributed by atoms with van der Waals surface area (Å²) in [6, 6.07) is 1.40. The Hall–Kier alpha value is -1.72. The van der Waals surface area contributed by atoms with Crippen LogP contribution in [0.4, 0.5) is 18.9 Å². The lowest BCUT2D eigenvalue weighted by atomic mass is 9.81. The molecule has 6 heteroatoms. The molecule has 3 N–H and O–H groups in total. The molecular weight excluding hydrogens is 247 g/mol. The second kappa shape index (κ2) is 4.19. The average molecular weight is 261 g/mol. The van der Waals surface area contributed by atoms with Gasteiger partial charge in [0.1, 0.15) is 0 Å². The van der Waals surface area contributed by atoms with Crippen LogP contribution in [0.1, 0.15) is 42.3 Å². The van der Waals surface area contributed by atoms with Gasteiger partial charge < -0.3 is 10.8 Å². The minimum atomic E-state index is -4.62. The molecule has 0 aliphatic heterocycles. The zero-order valence-electron chi connectivity index (χ0n) is 10.2. The van der Waals surface area contributed by atoms with Crippen molar-refractivity contribution in [3.63, 3.8) is 0 Å². The monoisotopic (exact) mass is 261 g/mol. The van der Waals surface area contributed by atoms with E-state index in [0.717, 1.165) is 6.07 Å². The van der Waals surface area contributed by atoms with Gasteiger partial charge in [0.2, 0.25) is 0 Å². The van der Waals surface area contributed by atoms with E-state index < -0.39 is 28.7 Å². The summed E-state index contributed by atoms with van der Waals surface area (Å²) in [6.07, 6.45) is -4.62. The van der Waals surface area contributed by atoms with Crippen LogP contribution in [0.3, 0.4) is 0 Å².